The number of carbonyl (C=O) groups excluding carboxylic acids is 1. The molecule has 1 heterocycles. The third-order valence-corrected chi connectivity index (χ3v) is 6.87. The van der Waals surface area contributed by atoms with Crippen molar-refractivity contribution in [2.24, 2.45) is 5.10 Å². The van der Waals surface area contributed by atoms with Crippen molar-refractivity contribution in [1.82, 2.24) is 15.6 Å². The van der Waals surface area contributed by atoms with Gasteiger partial charge in [0.1, 0.15) is 24.0 Å². The molecule has 1 aromatic heterocycles. The van der Waals surface area contributed by atoms with E-state index in [-0.39, 0.29) is 11.7 Å². The van der Waals surface area contributed by atoms with E-state index in [1.807, 2.05) is 32.0 Å². The summed E-state index contributed by atoms with van der Waals surface area (Å²) in [5.74, 6) is 2.49. The molecule has 3 rings (SSSR count). The first kappa shape index (κ1) is 27.5. The molecule has 2 aromatic carbocycles. The first-order chi connectivity index (χ1) is 17.4. The molecular formula is C26H32N4O4S2. The van der Waals surface area contributed by atoms with Gasteiger partial charge in [0, 0.05) is 0 Å². The summed E-state index contributed by atoms with van der Waals surface area (Å²) in [6.07, 6.45) is 1.57. The standard InChI is InChI=1S/C26H32N4O4S2/c1-6-32-24-14-20(15-27-29-25(31)16-35-26-30-28-19(5)36-26)8-10-22(24)33-11-12-34-23-13-18(4)7-9-21(23)17(2)3/h7-10,13-15,17H,6,11-12,16H2,1-5H3,(H,29,31). The molecule has 36 heavy (non-hydrogen) atoms. The van der Waals surface area contributed by atoms with Gasteiger partial charge in [0.2, 0.25) is 0 Å². The van der Waals surface area contributed by atoms with Crippen LogP contribution in [0.25, 0.3) is 0 Å². The molecule has 0 aliphatic rings. The van der Waals surface area contributed by atoms with Crippen molar-refractivity contribution in [2.75, 3.05) is 25.6 Å². The van der Waals surface area contributed by atoms with Gasteiger partial charge in [-0.1, -0.05) is 49.1 Å². The summed E-state index contributed by atoms with van der Waals surface area (Å²) in [6, 6.07) is 11.8. The summed E-state index contributed by atoms with van der Waals surface area (Å²) in [4.78, 5) is 12.0. The third-order valence-electron chi connectivity index (χ3n) is 4.89. The minimum Gasteiger partial charge on any atom is -0.490 e. The van der Waals surface area contributed by atoms with Crippen molar-refractivity contribution >= 4 is 35.2 Å². The van der Waals surface area contributed by atoms with Crippen LogP contribution in [-0.2, 0) is 4.79 Å². The fraction of sp³-hybridized carbons (Fsp3) is 0.385. The van der Waals surface area contributed by atoms with E-state index >= 15 is 0 Å². The monoisotopic (exact) mass is 528 g/mol. The molecule has 0 unspecified atom stereocenters. The van der Waals surface area contributed by atoms with Gasteiger partial charge in [-0.2, -0.15) is 5.10 Å². The van der Waals surface area contributed by atoms with Crippen LogP contribution in [-0.4, -0.2) is 47.9 Å². The van der Waals surface area contributed by atoms with E-state index in [2.05, 4.69) is 59.7 Å². The van der Waals surface area contributed by atoms with Crippen molar-refractivity contribution < 1.29 is 19.0 Å². The van der Waals surface area contributed by atoms with E-state index in [4.69, 9.17) is 14.2 Å². The quantitative estimate of drug-likeness (QED) is 0.138. The van der Waals surface area contributed by atoms with Crippen molar-refractivity contribution in [3.63, 3.8) is 0 Å². The van der Waals surface area contributed by atoms with Gasteiger partial charge in [-0.15, -0.1) is 10.2 Å². The van der Waals surface area contributed by atoms with Crippen molar-refractivity contribution in [2.45, 2.75) is 44.9 Å². The van der Waals surface area contributed by atoms with Crippen LogP contribution in [0.1, 0.15) is 48.4 Å². The minimum absolute atomic E-state index is 0.215. The van der Waals surface area contributed by atoms with E-state index in [1.54, 1.807) is 6.21 Å². The number of aromatic nitrogens is 2. The first-order valence-electron chi connectivity index (χ1n) is 11.7. The number of hydrogen-bond acceptors (Lipinski definition) is 9. The van der Waals surface area contributed by atoms with E-state index in [0.717, 1.165) is 26.2 Å². The van der Waals surface area contributed by atoms with Gasteiger partial charge in [-0.05, 0) is 67.6 Å². The van der Waals surface area contributed by atoms with Gasteiger partial charge in [0.25, 0.3) is 5.91 Å². The van der Waals surface area contributed by atoms with E-state index < -0.39 is 0 Å². The number of hydrogen-bond donors (Lipinski definition) is 1. The highest BCUT2D eigenvalue weighted by molar-refractivity contribution is 8.01. The lowest BCUT2D eigenvalue weighted by atomic mass is 10.0. The van der Waals surface area contributed by atoms with E-state index in [1.165, 1.54) is 28.7 Å². The Morgan fingerprint density at radius 2 is 1.83 bits per heavy atom. The predicted molar refractivity (Wildman–Crippen MR) is 145 cm³/mol. The minimum atomic E-state index is -0.219. The van der Waals surface area contributed by atoms with Gasteiger partial charge in [-0.25, -0.2) is 5.43 Å². The van der Waals surface area contributed by atoms with Crippen LogP contribution in [0.5, 0.6) is 17.2 Å². The molecule has 10 heteroatoms. The average Bonchev–Trinajstić information content (AvgIpc) is 3.26. The summed E-state index contributed by atoms with van der Waals surface area (Å²) in [7, 11) is 0. The highest BCUT2D eigenvalue weighted by atomic mass is 32.2. The van der Waals surface area contributed by atoms with Crippen LogP contribution in [0, 0.1) is 13.8 Å². The van der Waals surface area contributed by atoms with Gasteiger partial charge < -0.3 is 14.2 Å². The molecular weight excluding hydrogens is 496 g/mol. The number of nitrogens with one attached hydrogen (secondary N) is 1. The summed E-state index contributed by atoms with van der Waals surface area (Å²) >= 11 is 2.78. The zero-order valence-corrected chi connectivity index (χ0v) is 22.9. The predicted octanol–water partition coefficient (Wildman–Crippen LogP) is 5.38. The third kappa shape index (κ3) is 8.53. The molecule has 0 bridgehead atoms. The Kier molecular flexibility index (Phi) is 10.6. The Bertz CT molecular complexity index is 1180. The number of hydrazone groups is 1. The lowest BCUT2D eigenvalue weighted by Crippen LogP contribution is -2.19. The maximum atomic E-state index is 12.0. The first-order valence-corrected chi connectivity index (χ1v) is 13.5. The van der Waals surface area contributed by atoms with Crippen LogP contribution in [0.15, 0.2) is 45.8 Å². The lowest BCUT2D eigenvalue weighted by molar-refractivity contribution is -0.118. The van der Waals surface area contributed by atoms with Crippen LogP contribution >= 0.6 is 23.1 Å². The largest absolute Gasteiger partial charge is 0.490 e. The van der Waals surface area contributed by atoms with E-state index in [9.17, 15) is 4.79 Å². The summed E-state index contributed by atoms with van der Waals surface area (Å²) in [5, 5.41) is 12.8. The Morgan fingerprint density at radius 3 is 2.53 bits per heavy atom. The average molecular weight is 529 g/mol. The van der Waals surface area contributed by atoms with Gasteiger partial charge in [-0.3, -0.25) is 4.79 Å². The highest BCUT2D eigenvalue weighted by Gasteiger charge is 2.10. The molecule has 0 saturated carbocycles. The van der Waals surface area contributed by atoms with Crippen LogP contribution < -0.4 is 19.6 Å². The fourth-order valence-electron chi connectivity index (χ4n) is 3.21. The van der Waals surface area contributed by atoms with E-state index in [0.29, 0.717) is 37.2 Å². The molecule has 1 N–H and O–H groups in total. The van der Waals surface area contributed by atoms with Gasteiger partial charge >= 0.3 is 0 Å². The van der Waals surface area contributed by atoms with Crippen molar-refractivity contribution in [1.29, 1.82) is 0 Å². The van der Waals surface area contributed by atoms with Crippen LogP contribution in [0.4, 0.5) is 0 Å². The second kappa shape index (κ2) is 13.8. The molecule has 0 radical (unpaired) electrons. The van der Waals surface area contributed by atoms with Gasteiger partial charge in [0.15, 0.2) is 15.8 Å². The zero-order valence-electron chi connectivity index (χ0n) is 21.2. The number of benzene rings is 2. The molecule has 192 valence electrons. The van der Waals surface area contributed by atoms with Crippen LogP contribution in [0.3, 0.4) is 0 Å². The number of aryl methyl sites for hydroxylation is 2. The number of thioether (sulfide) groups is 1. The summed E-state index contributed by atoms with van der Waals surface area (Å²) in [6.45, 7) is 11.4. The molecule has 3 aromatic rings. The Hall–Kier alpha value is -3.11. The summed E-state index contributed by atoms with van der Waals surface area (Å²) in [5.41, 5.74) is 5.64. The topological polar surface area (TPSA) is 94.9 Å². The molecule has 1 amide bonds. The van der Waals surface area contributed by atoms with Crippen LogP contribution in [0.2, 0.25) is 0 Å². The second-order valence-electron chi connectivity index (χ2n) is 8.20. The molecule has 0 saturated heterocycles. The molecule has 0 aliphatic heterocycles. The molecule has 8 nitrogen and oxygen atoms in total. The van der Waals surface area contributed by atoms with Crippen molar-refractivity contribution in [3.05, 3.63) is 58.1 Å². The number of ether oxygens (including phenoxy) is 3. The SMILES string of the molecule is CCOc1cc(C=NNC(=O)CSc2nnc(C)s2)ccc1OCCOc1cc(C)ccc1C(C)C. The maximum Gasteiger partial charge on any atom is 0.250 e. The molecule has 0 aliphatic carbocycles. The molecule has 0 atom stereocenters. The smallest absolute Gasteiger partial charge is 0.250 e. The molecule has 0 fully saturated rings. The zero-order chi connectivity index (χ0) is 25.9. The molecule has 0 spiro atoms. The number of nitrogens with zero attached hydrogens (tertiary/aromatic N) is 3. The number of carbonyl (C=O) groups is 1. The number of rotatable bonds is 13. The maximum absolute atomic E-state index is 12.0. The normalized spacial score (nSPS) is 11.2. The fourth-order valence-corrected chi connectivity index (χ4v) is 4.82. The Labute approximate surface area is 220 Å². The number of amides is 1. The second-order valence-corrected chi connectivity index (χ2v) is 10.6. The Morgan fingerprint density at radius 1 is 1.06 bits per heavy atom. The Balaban J connectivity index is 1.51. The van der Waals surface area contributed by atoms with Gasteiger partial charge in [0.05, 0.1) is 18.6 Å². The lowest BCUT2D eigenvalue weighted by Gasteiger charge is -2.16. The summed E-state index contributed by atoms with van der Waals surface area (Å²) < 4.78 is 18.5. The van der Waals surface area contributed by atoms with Crippen molar-refractivity contribution in [3.8, 4) is 17.2 Å². The highest BCUT2D eigenvalue weighted by Crippen LogP contribution is 2.29.